The normalized spacial score (nSPS) is 23.9. The van der Waals surface area contributed by atoms with Gasteiger partial charge in [0, 0.05) is 24.0 Å². The minimum Gasteiger partial charge on any atom is -0.366 e. The second-order valence-electron chi connectivity index (χ2n) is 7.33. The molecule has 3 aliphatic rings. The largest absolute Gasteiger partial charge is 0.366 e. The Morgan fingerprint density at radius 1 is 1.32 bits per heavy atom. The van der Waals surface area contributed by atoms with Crippen LogP contribution in [0.4, 0.5) is 0 Å². The average Bonchev–Trinajstić information content (AvgIpc) is 3.43. The third-order valence-corrected chi connectivity index (χ3v) is 8.31. The van der Waals surface area contributed by atoms with Crippen LogP contribution < -0.4 is 5.73 Å². The summed E-state index contributed by atoms with van der Waals surface area (Å²) in [6.45, 7) is -0.204. The highest BCUT2D eigenvalue weighted by Crippen LogP contribution is 2.33. The van der Waals surface area contributed by atoms with Gasteiger partial charge in [-0.15, -0.1) is 11.3 Å². The molecule has 31 heavy (non-hydrogen) atoms. The van der Waals surface area contributed by atoms with Crippen LogP contribution in [0.2, 0.25) is 0 Å². The Hall–Kier alpha value is -2.70. The average molecular weight is 464 g/mol. The second kappa shape index (κ2) is 8.09. The third kappa shape index (κ3) is 3.75. The van der Waals surface area contributed by atoms with E-state index >= 15 is 0 Å². The van der Waals surface area contributed by atoms with E-state index in [2.05, 4.69) is 4.99 Å². The molecule has 0 spiro atoms. The van der Waals surface area contributed by atoms with Gasteiger partial charge in [-0.05, 0) is 24.3 Å². The minimum absolute atomic E-state index is 0.0659. The van der Waals surface area contributed by atoms with Crippen LogP contribution in [0.3, 0.4) is 0 Å². The molecule has 0 bridgehead atoms. The van der Waals surface area contributed by atoms with E-state index < -0.39 is 57.1 Å². The Kier molecular flexibility index (Phi) is 5.62. The Bertz CT molecular complexity index is 1140. The fraction of sp³-hybridized carbons (Fsp3) is 0.368. The molecular weight excluding hydrogens is 444 g/mol. The van der Waals surface area contributed by atoms with Crippen molar-refractivity contribution in [1.29, 1.82) is 0 Å². The van der Waals surface area contributed by atoms with Crippen molar-refractivity contribution in [2.45, 2.75) is 31.3 Å². The fourth-order valence-corrected chi connectivity index (χ4v) is 6.62. The molecule has 4 heterocycles. The van der Waals surface area contributed by atoms with Gasteiger partial charge in [-0.1, -0.05) is 6.08 Å². The second-order valence-corrected chi connectivity index (χ2v) is 10.1. The van der Waals surface area contributed by atoms with E-state index in [-0.39, 0.29) is 25.8 Å². The number of rotatable bonds is 5. The molecule has 2 N–H and O–H groups in total. The Labute approximate surface area is 182 Å². The first-order valence-corrected chi connectivity index (χ1v) is 11.8. The number of allylic oxidation sites excluding steroid dienone is 1. The lowest BCUT2D eigenvalue weighted by Gasteiger charge is -2.24. The monoisotopic (exact) mass is 463 g/mol. The van der Waals surface area contributed by atoms with Crippen molar-refractivity contribution in [3.05, 3.63) is 40.6 Å². The number of hydrogen-bond acceptors (Lipinski definition) is 8. The molecule has 1 aromatic heterocycles. The zero-order valence-electron chi connectivity index (χ0n) is 16.3. The lowest BCUT2D eigenvalue weighted by atomic mass is 10.1. The minimum atomic E-state index is -4.25. The molecule has 2 saturated heterocycles. The molecule has 1 radical (unpaired) electrons. The molecule has 12 heteroatoms. The van der Waals surface area contributed by atoms with Gasteiger partial charge >= 0.3 is 0 Å². The molecular formula is C19H19N4O6S2. The van der Waals surface area contributed by atoms with E-state index in [0.29, 0.717) is 10.4 Å². The fourth-order valence-electron chi connectivity index (χ4n) is 4.12. The number of hydrogen-bond donors (Lipinski definition) is 1. The molecule has 0 aromatic carbocycles. The molecule has 2 fully saturated rings. The van der Waals surface area contributed by atoms with E-state index in [9.17, 15) is 27.6 Å². The number of Topliss-reactive ketones (excluding diaryl/α,β-unsaturated/α-hetero) is 2. The van der Waals surface area contributed by atoms with Gasteiger partial charge in [0.1, 0.15) is 6.04 Å². The van der Waals surface area contributed by atoms with Crippen LogP contribution in [0.1, 0.15) is 28.1 Å². The first kappa shape index (κ1) is 21.5. The summed E-state index contributed by atoms with van der Waals surface area (Å²) in [5.41, 5.74) is 5.66. The van der Waals surface area contributed by atoms with Crippen LogP contribution in [0, 0.1) is 6.42 Å². The SMILES string of the molecule is NC(=O)c1ccsc1C[CH]C(=O)N1CCC2C1C(=O)CN2S(=O)(=O)C1=NC=CCC1=O. The summed E-state index contributed by atoms with van der Waals surface area (Å²) < 4.78 is 27.0. The summed E-state index contributed by atoms with van der Waals surface area (Å²) in [5, 5.41) is 1.13. The van der Waals surface area contributed by atoms with Crippen LogP contribution >= 0.6 is 11.3 Å². The quantitative estimate of drug-likeness (QED) is 0.632. The number of amides is 2. The van der Waals surface area contributed by atoms with E-state index in [1.165, 1.54) is 34.9 Å². The maximum absolute atomic E-state index is 13.0. The van der Waals surface area contributed by atoms with E-state index in [1.807, 2.05) is 0 Å². The van der Waals surface area contributed by atoms with Crippen LogP contribution in [-0.2, 0) is 30.8 Å². The van der Waals surface area contributed by atoms with Gasteiger partial charge in [0.25, 0.3) is 10.0 Å². The lowest BCUT2D eigenvalue weighted by molar-refractivity contribution is -0.133. The van der Waals surface area contributed by atoms with Crippen LogP contribution in [-0.4, -0.2) is 71.2 Å². The maximum Gasteiger partial charge on any atom is 0.264 e. The van der Waals surface area contributed by atoms with E-state index in [1.54, 1.807) is 11.4 Å². The van der Waals surface area contributed by atoms with Crippen molar-refractivity contribution < 1.29 is 27.6 Å². The first-order chi connectivity index (χ1) is 14.7. The number of carbonyl (C=O) groups is 4. The molecule has 2 atom stereocenters. The van der Waals surface area contributed by atoms with Crippen molar-refractivity contribution in [2.24, 2.45) is 10.7 Å². The molecule has 3 aliphatic heterocycles. The Morgan fingerprint density at radius 2 is 2.10 bits per heavy atom. The van der Waals surface area contributed by atoms with Gasteiger partial charge in [0.05, 0.1) is 24.6 Å². The lowest BCUT2D eigenvalue weighted by Crippen LogP contribution is -2.45. The third-order valence-electron chi connectivity index (χ3n) is 5.53. The molecule has 10 nitrogen and oxygen atoms in total. The van der Waals surface area contributed by atoms with Crippen LogP contribution in [0.15, 0.2) is 28.7 Å². The van der Waals surface area contributed by atoms with Gasteiger partial charge in [-0.3, -0.25) is 19.2 Å². The summed E-state index contributed by atoms with van der Waals surface area (Å²) in [4.78, 5) is 54.6. The van der Waals surface area contributed by atoms with Crippen molar-refractivity contribution >= 4 is 49.8 Å². The van der Waals surface area contributed by atoms with Crippen molar-refractivity contribution in [2.75, 3.05) is 13.1 Å². The van der Waals surface area contributed by atoms with Gasteiger partial charge in [0.15, 0.2) is 11.6 Å². The first-order valence-electron chi connectivity index (χ1n) is 9.52. The summed E-state index contributed by atoms with van der Waals surface area (Å²) >= 11 is 1.29. The topological polar surface area (TPSA) is 147 Å². The predicted molar refractivity (Wildman–Crippen MR) is 112 cm³/mol. The number of primary amides is 1. The van der Waals surface area contributed by atoms with Gasteiger partial charge in [-0.2, -0.15) is 4.31 Å². The van der Waals surface area contributed by atoms with Crippen LogP contribution in [0.25, 0.3) is 0 Å². The van der Waals surface area contributed by atoms with Gasteiger partial charge < -0.3 is 10.6 Å². The van der Waals surface area contributed by atoms with Gasteiger partial charge in [0.2, 0.25) is 16.9 Å². The molecule has 163 valence electrons. The number of nitrogens with zero attached hydrogens (tertiary/aromatic N) is 3. The zero-order valence-corrected chi connectivity index (χ0v) is 17.9. The summed E-state index contributed by atoms with van der Waals surface area (Å²) in [6.07, 6.45) is 4.47. The number of fused-ring (bicyclic) bond motifs is 1. The highest BCUT2D eigenvalue weighted by molar-refractivity contribution is 8.06. The van der Waals surface area contributed by atoms with Crippen molar-refractivity contribution in [1.82, 2.24) is 9.21 Å². The van der Waals surface area contributed by atoms with Crippen LogP contribution in [0.5, 0.6) is 0 Å². The predicted octanol–water partition coefficient (Wildman–Crippen LogP) is -0.337. The van der Waals surface area contributed by atoms with E-state index in [4.69, 9.17) is 5.73 Å². The number of likely N-dealkylation sites (tertiary alicyclic amines) is 1. The number of carbonyl (C=O) groups excluding carboxylic acids is 4. The molecule has 2 unspecified atom stereocenters. The zero-order chi connectivity index (χ0) is 22.3. The number of aliphatic imine (C=N–C) groups is 1. The number of ketones is 2. The standard InChI is InChI=1S/C19H19N4O6S2/c20-18(27)11-6-9-30-15(11)3-4-16(26)22-8-5-12-17(22)14(25)10-23(12)31(28,29)19-13(24)2-1-7-21-19/h1,4,6-7,9,12,17H,2-3,5,8,10H2,(H2,20,27). The highest BCUT2D eigenvalue weighted by Gasteiger charge is 2.54. The number of sulfonamides is 1. The maximum atomic E-state index is 13.0. The Balaban J connectivity index is 1.49. The summed E-state index contributed by atoms with van der Waals surface area (Å²) in [7, 11) is -4.25. The molecule has 0 aliphatic carbocycles. The molecule has 4 rings (SSSR count). The van der Waals surface area contributed by atoms with Crippen molar-refractivity contribution in [3.8, 4) is 0 Å². The summed E-state index contributed by atoms with van der Waals surface area (Å²) in [5.74, 6) is -2.03. The summed E-state index contributed by atoms with van der Waals surface area (Å²) in [6, 6.07) is -0.0632. The molecule has 1 aromatic rings. The smallest absolute Gasteiger partial charge is 0.264 e. The molecule has 0 saturated carbocycles. The highest BCUT2D eigenvalue weighted by atomic mass is 32.2. The van der Waals surface area contributed by atoms with Gasteiger partial charge in [-0.25, -0.2) is 13.4 Å². The Morgan fingerprint density at radius 3 is 2.81 bits per heavy atom. The van der Waals surface area contributed by atoms with Crippen molar-refractivity contribution in [3.63, 3.8) is 0 Å². The molecule has 2 amide bonds. The van der Waals surface area contributed by atoms with E-state index in [0.717, 1.165) is 4.31 Å². The number of thiophene rings is 1. The number of nitrogens with two attached hydrogens (primary N) is 1.